The number of hydrogen-bond donors (Lipinski definition) is 0. The quantitative estimate of drug-likeness (QED) is 0.366. The van der Waals surface area contributed by atoms with Crippen molar-refractivity contribution in [2.24, 2.45) is 17.8 Å². The average molecular weight is 398 g/mol. The van der Waals surface area contributed by atoms with E-state index in [2.05, 4.69) is 13.0 Å². The number of hydrogen-bond acceptors (Lipinski definition) is 1. The molecule has 1 unspecified atom stereocenters. The molecule has 3 rings (SSSR count). The van der Waals surface area contributed by atoms with Crippen LogP contribution < -0.4 is 4.90 Å². The van der Waals surface area contributed by atoms with Crippen LogP contribution in [0.1, 0.15) is 70.3 Å². The molecule has 1 saturated carbocycles. The van der Waals surface area contributed by atoms with Gasteiger partial charge in [-0.05, 0) is 73.1 Å². The standard InChI is InChI=1S/C23H31F4N/c1-3-4-16-5-7-17(8-6-16)18-9-11-19(12-10-18)20-13-14-22(21(24)15-20)28(2)23(25,26)27/h11,13-18H,3-10,12H2,1-2H3. The lowest BCUT2D eigenvalue weighted by Crippen LogP contribution is -2.34. The number of benzene rings is 1. The van der Waals surface area contributed by atoms with Gasteiger partial charge in [-0.25, -0.2) is 4.39 Å². The van der Waals surface area contributed by atoms with Crippen LogP contribution in [0.25, 0.3) is 5.57 Å². The van der Waals surface area contributed by atoms with Crippen LogP contribution in [0, 0.1) is 23.6 Å². The smallest absolute Gasteiger partial charge is 0.284 e. The van der Waals surface area contributed by atoms with Crippen molar-refractivity contribution in [2.75, 3.05) is 11.9 Å². The molecule has 5 heteroatoms. The van der Waals surface area contributed by atoms with Gasteiger partial charge in [-0.3, -0.25) is 4.90 Å². The molecule has 1 aromatic carbocycles. The van der Waals surface area contributed by atoms with Gasteiger partial charge in [-0.1, -0.05) is 44.7 Å². The minimum absolute atomic E-state index is 0.0201. The van der Waals surface area contributed by atoms with Crippen LogP contribution in [0.2, 0.25) is 0 Å². The zero-order valence-corrected chi connectivity index (χ0v) is 16.9. The summed E-state index contributed by atoms with van der Waals surface area (Å²) < 4.78 is 52.7. The highest BCUT2D eigenvalue weighted by Gasteiger charge is 2.36. The Morgan fingerprint density at radius 2 is 1.75 bits per heavy atom. The Bertz CT molecular complexity index is 686. The van der Waals surface area contributed by atoms with E-state index in [-0.39, 0.29) is 4.90 Å². The van der Waals surface area contributed by atoms with Crippen molar-refractivity contribution in [1.29, 1.82) is 0 Å². The Hall–Kier alpha value is -1.52. The fraction of sp³-hybridized carbons (Fsp3) is 0.652. The van der Waals surface area contributed by atoms with E-state index in [0.29, 0.717) is 11.5 Å². The van der Waals surface area contributed by atoms with Gasteiger partial charge in [0.25, 0.3) is 0 Å². The predicted octanol–water partition coefficient (Wildman–Crippen LogP) is 7.57. The van der Waals surface area contributed by atoms with Gasteiger partial charge in [0.1, 0.15) is 5.82 Å². The van der Waals surface area contributed by atoms with Crippen LogP contribution in [0.15, 0.2) is 24.3 Å². The molecule has 0 aromatic heterocycles. The van der Waals surface area contributed by atoms with E-state index in [4.69, 9.17) is 0 Å². The van der Waals surface area contributed by atoms with Crippen LogP contribution in [-0.2, 0) is 0 Å². The van der Waals surface area contributed by atoms with Crippen LogP contribution in [0.5, 0.6) is 0 Å². The zero-order chi connectivity index (χ0) is 20.3. The number of nitrogens with zero attached hydrogens (tertiary/aromatic N) is 1. The monoisotopic (exact) mass is 397 g/mol. The molecule has 0 radical (unpaired) electrons. The molecule has 0 saturated heterocycles. The molecule has 2 aliphatic rings. The maximum Gasteiger partial charge on any atom is 0.484 e. The number of allylic oxidation sites excluding steroid dienone is 2. The van der Waals surface area contributed by atoms with Gasteiger partial charge in [0.15, 0.2) is 0 Å². The SMILES string of the molecule is CCCC1CCC(C2CC=C(c3ccc(N(C)C(F)(F)F)c(F)c3)CC2)CC1. The van der Waals surface area contributed by atoms with Gasteiger partial charge in [-0.2, -0.15) is 13.2 Å². The van der Waals surface area contributed by atoms with E-state index < -0.39 is 17.8 Å². The first-order valence-electron chi connectivity index (χ1n) is 10.6. The molecule has 0 amide bonds. The van der Waals surface area contributed by atoms with E-state index in [9.17, 15) is 17.6 Å². The highest BCUT2D eigenvalue weighted by molar-refractivity contribution is 5.68. The Morgan fingerprint density at radius 1 is 1.04 bits per heavy atom. The Morgan fingerprint density at radius 3 is 2.29 bits per heavy atom. The minimum Gasteiger partial charge on any atom is -0.284 e. The van der Waals surface area contributed by atoms with Crippen molar-refractivity contribution in [3.05, 3.63) is 35.7 Å². The lowest BCUT2D eigenvalue weighted by molar-refractivity contribution is -0.125. The summed E-state index contributed by atoms with van der Waals surface area (Å²) in [5, 5.41) is 0. The van der Waals surface area contributed by atoms with Crippen molar-refractivity contribution in [2.45, 2.75) is 71.0 Å². The normalized spacial score (nSPS) is 26.1. The third-order valence-corrected chi connectivity index (χ3v) is 6.77. The summed E-state index contributed by atoms with van der Waals surface area (Å²) >= 11 is 0. The second-order valence-corrected chi connectivity index (χ2v) is 8.53. The summed E-state index contributed by atoms with van der Waals surface area (Å²) in [6, 6.07) is 4.10. The molecule has 1 aromatic rings. The first kappa shape index (κ1) is 21.2. The molecule has 0 aliphatic heterocycles. The first-order chi connectivity index (χ1) is 13.3. The van der Waals surface area contributed by atoms with Gasteiger partial charge in [0, 0.05) is 7.05 Å². The van der Waals surface area contributed by atoms with Crippen molar-refractivity contribution in [3.63, 3.8) is 0 Å². The highest BCUT2D eigenvalue weighted by Crippen LogP contribution is 2.42. The molecular formula is C23H31F4N. The van der Waals surface area contributed by atoms with Gasteiger partial charge in [0.2, 0.25) is 0 Å². The summed E-state index contributed by atoms with van der Waals surface area (Å²) in [6.07, 6.45) is 8.57. The van der Waals surface area contributed by atoms with Crippen LogP contribution in [0.3, 0.4) is 0 Å². The summed E-state index contributed by atoms with van der Waals surface area (Å²) in [7, 11) is 0.845. The molecule has 0 spiro atoms. The molecule has 0 N–H and O–H groups in total. The molecule has 0 heterocycles. The van der Waals surface area contributed by atoms with Crippen LogP contribution in [-0.4, -0.2) is 13.3 Å². The Labute approximate surface area is 165 Å². The van der Waals surface area contributed by atoms with Crippen LogP contribution >= 0.6 is 0 Å². The fourth-order valence-corrected chi connectivity index (χ4v) is 5.02. The lowest BCUT2D eigenvalue weighted by atomic mass is 9.70. The van der Waals surface area contributed by atoms with E-state index in [1.807, 2.05) is 0 Å². The summed E-state index contributed by atoms with van der Waals surface area (Å²) in [4.78, 5) is 0.0201. The molecule has 1 atom stereocenters. The molecule has 156 valence electrons. The summed E-state index contributed by atoms with van der Waals surface area (Å²) in [6.45, 7) is 2.26. The maximum absolute atomic E-state index is 14.3. The fourth-order valence-electron chi connectivity index (χ4n) is 5.02. The van der Waals surface area contributed by atoms with Gasteiger partial charge in [-0.15, -0.1) is 0 Å². The third-order valence-electron chi connectivity index (χ3n) is 6.77. The van der Waals surface area contributed by atoms with Crippen LogP contribution in [0.4, 0.5) is 23.2 Å². The topological polar surface area (TPSA) is 3.24 Å². The number of alkyl halides is 3. The van der Waals surface area contributed by atoms with E-state index in [1.54, 1.807) is 6.07 Å². The highest BCUT2D eigenvalue weighted by atomic mass is 19.4. The zero-order valence-electron chi connectivity index (χ0n) is 16.9. The molecular weight excluding hydrogens is 366 g/mol. The third kappa shape index (κ3) is 4.90. The number of anilines is 1. The average Bonchev–Trinajstić information content (AvgIpc) is 2.68. The van der Waals surface area contributed by atoms with Gasteiger partial charge < -0.3 is 0 Å². The van der Waals surface area contributed by atoms with Gasteiger partial charge in [0.05, 0.1) is 5.69 Å². The lowest BCUT2D eigenvalue weighted by Gasteiger charge is -2.35. The molecule has 1 nitrogen and oxygen atoms in total. The molecule has 28 heavy (non-hydrogen) atoms. The summed E-state index contributed by atoms with van der Waals surface area (Å²) in [5.74, 6) is 1.58. The minimum atomic E-state index is -4.59. The number of rotatable bonds is 5. The maximum atomic E-state index is 14.3. The Balaban J connectivity index is 1.61. The second kappa shape index (κ2) is 8.87. The molecule has 2 aliphatic carbocycles. The van der Waals surface area contributed by atoms with Crippen molar-refractivity contribution in [3.8, 4) is 0 Å². The predicted molar refractivity (Wildman–Crippen MR) is 107 cm³/mol. The summed E-state index contributed by atoms with van der Waals surface area (Å²) in [5.41, 5.74) is 1.34. The molecule has 1 fully saturated rings. The first-order valence-corrected chi connectivity index (χ1v) is 10.6. The van der Waals surface area contributed by atoms with Crippen molar-refractivity contribution in [1.82, 2.24) is 0 Å². The van der Waals surface area contributed by atoms with Crippen molar-refractivity contribution >= 4 is 11.3 Å². The van der Waals surface area contributed by atoms with E-state index >= 15 is 0 Å². The second-order valence-electron chi connectivity index (χ2n) is 8.53. The molecule has 0 bridgehead atoms. The van der Waals surface area contributed by atoms with Gasteiger partial charge >= 0.3 is 6.30 Å². The largest absolute Gasteiger partial charge is 0.484 e. The van der Waals surface area contributed by atoms with E-state index in [0.717, 1.165) is 43.7 Å². The van der Waals surface area contributed by atoms with E-state index in [1.165, 1.54) is 50.7 Å². The number of halogens is 4. The van der Waals surface area contributed by atoms with Crippen molar-refractivity contribution < 1.29 is 17.6 Å². The Kier molecular flexibility index (Phi) is 6.72.